The van der Waals surface area contributed by atoms with E-state index in [-0.39, 0.29) is 19.6 Å². The smallest absolute Gasteiger partial charge is 0.353 e. The van der Waals surface area contributed by atoms with Crippen LogP contribution in [-0.2, 0) is 11.0 Å². The predicted molar refractivity (Wildman–Crippen MR) is 60.3 cm³/mol. The Morgan fingerprint density at radius 3 is 2.60 bits per heavy atom. The number of amides is 2. The van der Waals surface area contributed by atoms with Gasteiger partial charge >= 0.3 is 6.18 Å². The van der Waals surface area contributed by atoms with Gasteiger partial charge in [0.15, 0.2) is 0 Å². The Balaban J connectivity index is 2.31. The Hall–Kier alpha value is -2.12. The van der Waals surface area contributed by atoms with E-state index in [0.717, 1.165) is 4.90 Å². The van der Waals surface area contributed by atoms with Crippen molar-refractivity contribution in [3.8, 4) is 0 Å². The average molecular weight is 290 g/mol. The van der Waals surface area contributed by atoms with Gasteiger partial charge in [-0.2, -0.15) is 13.2 Å². The molecule has 0 spiro atoms. The summed E-state index contributed by atoms with van der Waals surface area (Å²) in [5.74, 6) is -2.41. The van der Waals surface area contributed by atoms with Gasteiger partial charge in [0.05, 0.1) is 17.7 Å². The van der Waals surface area contributed by atoms with Crippen molar-refractivity contribution < 1.29 is 27.2 Å². The molecule has 0 saturated carbocycles. The summed E-state index contributed by atoms with van der Waals surface area (Å²) in [6, 6.07) is 1.62. The molecule has 1 aliphatic rings. The summed E-state index contributed by atoms with van der Waals surface area (Å²) >= 11 is 0. The molecular weight excluding hydrogens is 280 g/mol. The van der Waals surface area contributed by atoms with Crippen molar-refractivity contribution in [3.63, 3.8) is 0 Å². The van der Waals surface area contributed by atoms with Crippen LogP contribution in [0.2, 0.25) is 0 Å². The molecule has 0 aromatic heterocycles. The topological polar surface area (TPSA) is 49.4 Å². The van der Waals surface area contributed by atoms with Crippen LogP contribution in [-0.4, -0.2) is 36.3 Å². The lowest BCUT2D eigenvalue weighted by molar-refractivity contribution is -0.137. The number of hydrogen-bond donors (Lipinski definition) is 1. The van der Waals surface area contributed by atoms with Gasteiger partial charge in [-0.25, -0.2) is 4.39 Å². The van der Waals surface area contributed by atoms with Crippen LogP contribution in [0, 0.1) is 5.82 Å². The van der Waals surface area contributed by atoms with E-state index in [2.05, 4.69) is 5.32 Å². The van der Waals surface area contributed by atoms with E-state index in [0.29, 0.717) is 18.2 Å². The summed E-state index contributed by atoms with van der Waals surface area (Å²) in [4.78, 5) is 24.1. The zero-order valence-electron chi connectivity index (χ0n) is 10.1. The number of nitrogens with zero attached hydrogens (tertiary/aromatic N) is 1. The molecule has 108 valence electrons. The van der Waals surface area contributed by atoms with Crippen LogP contribution >= 0.6 is 0 Å². The lowest BCUT2D eigenvalue weighted by atomic mass is 10.1. The van der Waals surface area contributed by atoms with Crippen LogP contribution in [0.15, 0.2) is 18.2 Å². The molecule has 20 heavy (non-hydrogen) atoms. The highest BCUT2D eigenvalue weighted by Gasteiger charge is 2.33. The molecular formula is C12H10F4N2O2. The maximum Gasteiger partial charge on any atom is 0.416 e. The molecule has 2 rings (SSSR count). The predicted octanol–water partition coefficient (Wildman–Crippen LogP) is 1.42. The minimum Gasteiger partial charge on any atom is -0.353 e. The molecule has 4 nitrogen and oxygen atoms in total. The second-order valence-electron chi connectivity index (χ2n) is 4.27. The number of rotatable bonds is 1. The lowest BCUT2D eigenvalue weighted by Gasteiger charge is -2.27. The molecule has 1 fully saturated rings. The van der Waals surface area contributed by atoms with Gasteiger partial charge in [0, 0.05) is 13.1 Å². The van der Waals surface area contributed by atoms with Gasteiger partial charge in [-0.05, 0) is 18.2 Å². The largest absolute Gasteiger partial charge is 0.416 e. The normalized spacial score (nSPS) is 16.0. The quantitative estimate of drug-likeness (QED) is 0.795. The van der Waals surface area contributed by atoms with Gasteiger partial charge in [-0.1, -0.05) is 0 Å². The van der Waals surface area contributed by atoms with E-state index < -0.39 is 34.9 Å². The van der Waals surface area contributed by atoms with E-state index in [1.807, 2.05) is 0 Å². The van der Waals surface area contributed by atoms with Crippen LogP contribution in [0.3, 0.4) is 0 Å². The van der Waals surface area contributed by atoms with Crippen molar-refractivity contribution in [1.29, 1.82) is 0 Å². The third-order valence-corrected chi connectivity index (χ3v) is 2.85. The highest BCUT2D eigenvalue weighted by atomic mass is 19.4. The molecule has 0 atom stereocenters. The summed E-state index contributed by atoms with van der Waals surface area (Å²) in [6.07, 6.45) is -4.66. The Bertz CT molecular complexity index is 557. The summed E-state index contributed by atoms with van der Waals surface area (Å²) in [7, 11) is 0. The third-order valence-electron chi connectivity index (χ3n) is 2.85. The molecule has 1 saturated heterocycles. The Labute approximate surface area is 111 Å². The van der Waals surface area contributed by atoms with Crippen molar-refractivity contribution in [1.82, 2.24) is 10.2 Å². The number of carbonyl (C=O) groups excluding carboxylic acids is 2. The molecule has 1 N–H and O–H groups in total. The molecule has 0 unspecified atom stereocenters. The Morgan fingerprint density at radius 2 is 2.00 bits per heavy atom. The van der Waals surface area contributed by atoms with Crippen LogP contribution in [0.5, 0.6) is 0 Å². The van der Waals surface area contributed by atoms with Crippen molar-refractivity contribution in [2.45, 2.75) is 6.18 Å². The molecule has 0 radical (unpaired) electrons. The SMILES string of the molecule is O=C1CN(C(=O)c2cc(C(F)(F)F)ccc2F)CCN1. The maximum atomic E-state index is 13.5. The first-order chi connectivity index (χ1) is 9.29. The van der Waals surface area contributed by atoms with Crippen molar-refractivity contribution in [2.24, 2.45) is 0 Å². The molecule has 2 amide bonds. The van der Waals surface area contributed by atoms with E-state index in [1.54, 1.807) is 0 Å². The van der Waals surface area contributed by atoms with Gasteiger partial charge < -0.3 is 10.2 Å². The maximum absolute atomic E-state index is 13.5. The Morgan fingerprint density at radius 1 is 1.30 bits per heavy atom. The van der Waals surface area contributed by atoms with Gasteiger partial charge in [0.1, 0.15) is 5.82 Å². The summed E-state index contributed by atoms with van der Waals surface area (Å²) in [6.45, 7) is 0.0138. The third kappa shape index (κ3) is 2.89. The van der Waals surface area contributed by atoms with Crippen molar-refractivity contribution in [2.75, 3.05) is 19.6 Å². The van der Waals surface area contributed by atoms with Gasteiger partial charge in [-0.15, -0.1) is 0 Å². The van der Waals surface area contributed by atoms with Crippen LogP contribution < -0.4 is 5.32 Å². The number of alkyl halides is 3. The lowest BCUT2D eigenvalue weighted by Crippen LogP contribution is -2.50. The summed E-state index contributed by atoms with van der Waals surface area (Å²) in [5, 5.41) is 2.46. The number of benzene rings is 1. The molecule has 0 bridgehead atoms. The van der Waals surface area contributed by atoms with E-state index in [4.69, 9.17) is 0 Å². The van der Waals surface area contributed by atoms with Gasteiger partial charge in [0.25, 0.3) is 5.91 Å². The minimum absolute atomic E-state index is 0.125. The number of carbonyl (C=O) groups is 2. The average Bonchev–Trinajstić information content (AvgIpc) is 2.37. The fourth-order valence-corrected chi connectivity index (χ4v) is 1.85. The summed E-state index contributed by atoms with van der Waals surface area (Å²) in [5.41, 5.74) is -1.79. The fraction of sp³-hybridized carbons (Fsp3) is 0.333. The Kier molecular flexibility index (Phi) is 3.65. The first-order valence-corrected chi connectivity index (χ1v) is 5.72. The van der Waals surface area contributed by atoms with Gasteiger partial charge in [-0.3, -0.25) is 9.59 Å². The zero-order chi connectivity index (χ0) is 14.9. The number of halogens is 4. The molecule has 1 heterocycles. The van der Waals surface area contributed by atoms with Crippen molar-refractivity contribution in [3.05, 3.63) is 35.1 Å². The zero-order valence-corrected chi connectivity index (χ0v) is 10.1. The highest BCUT2D eigenvalue weighted by Crippen LogP contribution is 2.30. The molecule has 8 heteroatoms. The first-order valence-electron chi connectivity index (χ1n) is 5.72. The van der Waals surface area contributed by atoms with Crippen LogP contribution in [0.25, 0.3) is 0 Å². The van der Waals surface area contributed by atoms with Crippen LogP contribution in [0.4, 0.5) is 17.6 Å². The van der Waals surface area contributed by atoms with E-state index in [9.17, 15) is 27.2 Å². The second-order valence-corrected chi connectivity index (χ2v) is 4.27. The molecule has 1 aromatic carbocycles. The molecule has 1 aliphatic heterocycles. The highest BCUT2D eigenvalue weighted by molar-refractivity contribution is 5.97. The van der Waals surface area contributed by atoms with Crippen LogP contribution in [0.1, 0.15) is 15.9 Å². The second kappa shape index (κ2) is 5.10. The standard InChI is InChI=1S/C12H10F4N2O2/c13-9-2-1-7(12(14,15)16)5-8(9)11(20)18-4-3-17-10(19)6-18/h1-2,5H,3-4,6H2,(H,17,19). The molecule has 1 aromatic rings. The van der Waals surface area contributed by atoms with E-state index >= 15 is 0 Å². The minimum atomic E-state index is -4.66. The number of nitrogens with one attached hydrogen (secondary N) is 1. The number of piperazine rings is 1. The summed E-state index contributed by atoms with van der Waals surface area (Å²) < 4.78 is 51.2. The number of hydrogen-bond acceptors (Lipinski definition) is 2. The first kappa shape index (κ1) is 14.3. The molecule has 0 aliphatic carbocycles. The fourth-order valence-electron chi connectivity index (χ4n) is 1.85. The van der Waals surface area contributed by atoms with E-state index in [1.165, 1.54) is 0 Å². The van der Waals surface area contributed by atoms with Gasteiger partial charge in [0.2, 0.25) is 5.91 Å². The monoisotopic (exact) mass is 290 g/mol. The van der Waals surface area contributed by atoms with Crippen molar-refractivity contribution >= 4 is 11.8 Å².